The van der Waals surface area contributed by atoms with Crippen LogP contribution in [0.25, 0.3) is 22.3 Å². The van der Waals surface area contributed by atoms with Gasteiger partial charge in [0, 0.05) is 48.5 Å². The fraction of sp³-hybridized carbons (Fsp3) is 0.500. The summed E-state index contributed by atoms with van der Waals surface area (Å²) in [6.07, 6.45) is 5.20. The van der Waals surface area contributed by atoms with Crippen molar-refractivity contribution < 1.29 is 23.0 Å². The second kappa shape index (κ2) is 10.3. The third-order valence-electron chi connectivity index (χ3n) is 8.09. The number of H-pyrrole nitrogens is 1. The van der Waals surface area contributed by atoms with Crippen LogP contribution in [0.5, 0.6) is 5.88 Å². The lowest BCUT2D eigenvalue weighted by Crippen LogP contribution is -2.67. The van der Waals surface area contributed by atoms with Gasteiger partial charge in [0.2, 0.25) is 11.7 Å². The summed E-state index contributed by atoms with van der Waals surface area (Å²) in [6.45, 7) is 3.79. The van der Waals surface area contributed by atoms with Gasteiger partial charge in [-0.2, -0.15) is 28.5 Å². The van der Waals surface area contributed by atoms with Gasteiger partial charge in [-0.25, -0.2) is 15.0 Å². The van der Waals surface area contributed by atoms with Crippen molar-refractivity contribution >= 4 is 11.0 Å². The van der Waals surface area contributed by atoms with Crippen LogP contribution in [0.2, 0.25) is 0 Å². The first-order chi connectivity index (χ1) is 20.0. The summed E-state index contributed by atoms with van der Waals surface area (Å²) in [5, 5.41) is 25.6. The van der Waals surface area contributed by atoms with Crippen LogP contribution in [0.3, 0.4) is 0 Å². The lowest BCUT2D eigenvalue weighted by Gasteiger charge is -2.54. The normalized spacial score (nSPS) is 21.2. The number of ether oxygens (including phenoxy) is 1. The number of nitrogens with one attached hydrogen (secondary N) is 1. The molecule has 220 valence electrons. The lowest BCUT2D eigenvalue weighted by molar-refractivity contribution is -0.146. The number of aromatic nitrogens is 7. The van der Waals surface area contributed by atoms with Crippen LogP contribution in [0, 0.1) is 11.3 Å². The summed E-state index contributed by atoms with van der Waals surface area (Å²) < 4.78 is 48.6. The molecule has 0 bridgehead atoms. The summed E-state index contributed by atoms with van der Waals surface area (Å²) in [5.41, 5.74) is -0.0693. The second-order valence-corrected chi connectivity index (χ2v) is 11.6. The first-order valence-electron chi connectivity index (χ1n) is 13.8. The first kappa shape index (κ1) is 28.0. The zero-order valence-electron chi connectivity index (χ0n) is 23.1. The quantitative estimate of drug-likeness (QED) is 0.329. The van der Waals surface area contributed by atoms with Crippen molar-refractivity contribution in [3.63, 3.8) is 0 Å². The molecule has 5 heterocycles. The highest BCUT2D eigenvalue weighted by atomic mass is 19.4. The Morgan fingerprint density at radius 1 is 1.19 bits per heavy atom. The molecule has 2 unspecified atom stereocenters. The lowest BCUT2D eigenvalue weighted by atomic mass is 9.81. The van der Waals surface area contributed by atoms with Gasteiger partial charge in [0.1, 0.15) is 29.2 Å². The van der Waals surface area contributed by atoms with Crippen molar-refractivity contribution in [3.05, 3.63) is 48.6 Å². The third-order valence-corrected chi connectivity index (χ3v) is 8.09. The molecule has 0 amide bonds. The second-order valence-electron chi connectivity index (χ2n) is 11.6. The number of hydrogen-bond donors (Lipinski definition) is 2. The van der Waals surface area contributed by atoms with Gasteiger partial charge < -0.3 is 14.8 Å². The van der Waals surface area contributed by atoms with E-state index < -0.39 is 29.2 Å². The van der Waals surface area contributed by atoms with E-state index in [1.165, 1.54) is 26.2 Å². The summed E-state index contributed by atoms with van der Waals surface area (Å²) in [4.78, 5) is 21.2. The van der Waals surface area contributed by atoms with Gasteiger partial charge in [0.25, 0.3) is 0 Å². The number of fused-ring (bicyclic) bond motifs is 1. The topological polar surface area (TPSA) is 142 Å². The molecular formula is C28H30F3N9O2. The van der Waals surface area contributed by atoms with E-state index in [2.05, 4.69) is 41.0 Å². The smallest absolute Gasteiger partial charge is 0.451 e. The number of nitriles is 1. The maximum atomic E-state index is 13.6. The molecule has 0 aromatic carbocycles. The average molecular weight is 582 g/mol. The molecule has 2 atom stereocenters. The average Bonchev–Trinajstić information content (AvgIpc) is 3.60. The molecule has 11 nitrogen and oxygen atoms in total. The maximum Gasteiger partial charge on any atom is 0.451 e. The fourth-order valence-electron chi connectivity index (χ4n) is 5.95. The molecule has 4 aromatic heterocycles. The molecule has 0 spiro atoms. The third kappa shape index (κ3) is 5.18. The Labute approximate surface area is 239 Å². The Bertz CT molecular complexity index is 1600. The highest BCUT2D eigenvalue weighted by Gasteiger charge is 2.50. The van der Waals surface area contributed by atoms with Crippen LogP contribution in [0.15, 0.2) is 37.1 Å². The van der Waals surface area contributed by atoms with Crippen LogP contribution >= 0.6 is 0 Å². The minimum absolute atomic E-state index is 0.0863. The summed E-state index contributed by atoms with van der Waals surface area (Å²) >= 11 is 0. The number of halogens is 3. The van der Waals surface area contributed by atoms with E-state index in [-0.39, 0.29) is 24.0 Å². The van der Waals surface area contributed by atoms with Crippen molar-refractivity contribution in [1.82, 2.24) is 39.6 Å². The summed E-state index contributed by atoms with van der Waals surface area (Å²) in [6, 6.07) is 5.39. The molecule has 0 radical (unpaired) electrons. The first-order valence-corrected chi connectivity index (χ1v) is 13.8. The zero-order chi connectivity index (χ0) is 29.7. The molecule has 1 aliphatic carbocycles. The molecule has 14 heteroatoms. The summed E-state index contributed by atoms with van der Waals surface area (Å²) in [5.74, 6) is -1.57. The number of aromatic amines is 1. The van der Waals surface area contributed by atoms with Crippen LogP contribution in [-0.2, 0) is 17.3 Å². The van der Waals surface area contributed by atoms with Crippen molar-refractivity contribution in [1.29, 1.82) is 5.26 Å². The molecule has 42 heavy (non-hydrogen) atoms. The zero-order valence-corrected chi connectivity index (χ0v) is 23.1. The molecule has 1 saturated heterocycles. The molecule has 6 rings (SSSR count). The van der Waals surface area contributed by atoms with Crippen molar-refractivity contribution in [2.75, 3.05) is 13.1 Å². The Morgan fingerprint density at radius 3 is 2.71 bits per heavy atom. The van der Waals surface area contributed by atoms with E-state index in [0.29, 0.717) is 19.5 Å². The minimum atomic E-state index is -4.79. The minimum Gasteiger partial charge on any atom is -0.473 e. The van der Waals surface area contributed by atoms with Gasteiger partial charge in [-0.05, 0) is 39.2 Å². The van der Waals surface area contributed by atoms with E-state index in [1.807, 2.05) is 16.9 Å². The predicted octanol–water partition coefficient (Wildman–Crippen LogP) is 4.17. The van der Waals surface area contributed by atoms with E-state index in [1.54, 1.807) is 12.4 Å². The number of hydrogen-bond acceptors (Lipinski definition) is 9. The van der Waals surface area contributed by atoms with Crippen molar-refractivity contribution in [2.24, 2.45) is 0 Å². The van der Waals surface area contributed by atoms with Crippen molar-refractivity contribution in [3.8, 4) is 23.2 Å². The van der Waals surface area contributed by atoms with Gasteiger partial charge in [0.15, 0.2) is 0 Å². The standard InChI is InChI=1S/C28H30F3N9O2/c1-26(2,41)21-11-22(38-25(37-21)28(29,30)31)42-20-6-4-3-5-19(20)39-14-27(15-39,8-9-32)40-13-17(12-36-40)23-18-7-10-33-24(18)35-16-34-23/h7,10-13,16,19-20,41H,3-6,8,14-15H2,1-2H3,(H,33,34,35). The largest absolute Gasteiger partial charge is 0.473 e. The molecule has 2 N–H and O–H groups in total. The molecule has 2 fully saturated rings. The van der Waals surface area contributed by atoms with Crippen LogP contribution in [0.1, 0.15) is 57.5 Å². The monoisotopic (exact) mass is 581 g/mol. The van der Waals surface area contributed by atoms with Crippen LogP contribution in [0.4, 0.5) is 13.2 Å². The number of aliphatic hydroxyl groups is 1. The van der Waals surface area contributed by atoms with Crippen molar-refractivity contribution in [2.45, 2.75) is 75.4 Å². The predicted molar refractivity (Wildman–Crippen MR) is 144 cm³/mol. The van der Waals surface area contributed by atoms with Gasteiger partial charge in [-0.15, -0.1) is 0 Å². The van der Waals surface area contributed by atoms with Gasteiger partial charge in [-0.1, -0.05) is 6.42 Å². The molecule has 1 aliphatic heterocycles. The Kier molecular flexibility index (Phi) is 6.89. The highest BCUT2D eigenvalue weighted by Crippen LogP contribution is 2.40. The highest BCUT2D eigenvalue weighted by molar-refractivity contribution is 5.90. The van der Waals surface area contributed by atoms with E-state index in [0.717, 1.165) is 41.6 Å². The fourth-order valence-corrected chi connectivity index (χ4v) is 5.95. The number of nitrogens with zero attached hydrogens (tertiary/aromatic N) is 8. The van der Waals surface area contributed by atoms with Gasteiger partial charge >= 0.3 is 6.18 Å². The molecular weight excluding hydrogens is 551 g/mol. The van der Waals surface area contributed by atoms with E-state index in [4.69, 9.17) is 4.74 Å². The van der Waals surface area contributed by atoms with Crippen LogP contribution < -0.4 is 4.74 Å². The van der Waals surface area contributed by atoms with Gasteiger partial charge in [-0.3, -0.25) is 9.58 Å². The van der Waals surface area contributed by atoms with E-state index in [9.17, 15) is 23.5 Å². The Morgan fingerprint density at radius 2 is 1.98 bits per heavy atom. The SMILES string of the molecule is CC(C)(O)c1cc(OC2CCCCC2N2CC(CC#N)(n3cc(-c4ncnc5[nH]ccc45)cn3)C2)nc(C(F)(F)F)n1. The van der Waals surface area contributed by atoms with E-state index >= 15 is 0 Å². The molecule has 4 aromatic rings. The summed E-state index contributed by atoms with van der Waals surface area (Å²) in [7, 11) is 0. The Balaban J connectivity index is 1.23. The maximum absolute atomic E-state index is 13.6. The number of likely N-dealkylation sites (tertiary alicyclic amines) is 1. The Hall–Kier alpha value is -4.09. The van der Waals surface area contributed by atoms with Crippen LogP contribution in [-0.4, -0.2) is 69.9 Å². The number of alkyl halides is 3. The molecule has 2 aliphatic rings. The molecule has 1 saturated carbocycles. The number of rotatable bonds is 7. The van der Waals surface area contributed by atoms with Gasteiger partial charge in [0.05, 0.1) is 30.1 Å².